The minimum atomic E-state index is -0.0867. The molecule has 0 aliphatic heterocycles. The largest absolute Gasteiger partial charge is 0.460 e. The smallest absolute Gasteiger partial charge is 0.309 e. The van der Waals surface area contributed by atoms with E-state index in [0.717, 1.165) is 24.1 Å². The van der Waals surface area contributed by atoms with Crippen LogP contribution < -0.4 is 5.73 Å². The first-order chi connectivity index (χ1) is 7.25. The van der Waals surface area contributed by atoms with Gasteiger partial charge in [0.15, 0.2) is 0 Å². The molecule has 15 heavy (non-hydrogen) atoms. The minimum absolute atomic E-state index is 0.0277. The Balaban J connectivity index is 1.78. The summed E-state index contributed by atoms with van der Waals surface area (Å²) in [6.07, 6.45) is 2.60. The Hall–Kier alpha value is -0.870. The standard InChI is InChI=1S/C11H15NO2S/c12-9-4-3-8(6-9)11(13)14-7-10-2-1-5-15-10/h1-2,5,8-9H,3-4,6-7,12H2/t8-,9+/m1/s1. The lowest BCUT2D eigenvalue weighted by Gasteiger charge is -2.08. The number of thiophene rings is 1. The molecule has 2 atom stereocenters. The molecule has 0 saturated heterocycles. The van der Waals surface area contributed by atoms with Crippen molar-refractivity contribution in [3.05, 3.63) is 22.4 Å². The summed E-state index contributed by atoms with van der Waals surface area (Å²) in [6, 6.07) is 4.11. The van der Waals surface area contributed by atoms with Crippen LogP contribution in [-0.2, 0) is 16.1 Å². The SMILES string of the molecule is N[C@H]1CC[C@@H](C(=O)OCc2cccs2)C1. The van der Waals surface area contributed by atoms with Crippen LogP contribution in [0.25, 0.3) is 0 Å². The summed E-state index contributed by atoms with van der Waals surface area (Å²) in [7, 11) is 0. The normalized spacial score (nSPS) is 25.4. The van der Waals surface area contributed by atoms with Crippen molar-refractivity contribution in [3.63, 3.8) is 0 Å². The van der Waals surface area contributed by atoms with Gasteiger partial charge in [-0.2, -0.15) is 0 Å². The molecule has 0 amide bonds. The van der Waals surface area contributed by atoms with E-state index >= 15 is 0 Å². The molecule has 82 valence electrons. The first-order valence-electron chi connectivity index (χ1n) is 5.20. The Labute approximate surface area is 93.2 Å². The number of hydrogen-bond acceptors (Lipinski definition) is 4. The highest BCUT2D eigenvalue weighted by Gasteiger charge is 2.28. The third kappa shape index (κ3) is 2.79. The molecule has 2 rings (SSSR count). The number of esters is 1. The Morgan fingerprint density at radius 2 is 2.47 bits per heavy atom. The topological polar surface area (TPSA) is 52.3 Å². The van der Waals surface area contributed by atoms with E-state index in [-0.39, 0.29) is 17.9 Å². The average Bonchev–Trinajstić information content (AvgIpc) is 2.84. The third-order valence-electron chi connectivity index (χ3n) is 2.74. The van der Waals surface area contributed by atoms with Gasteiger partial charge >= 0.3 is 5.97 Å². The van der Waals surface area contributed by atoms with Gasteiger partial charge in [-0.1, -0.05) is 6.07 Å². The fraction of sp³-hybridized carbons (Fsp3) is 0.545. The van der Waals surface area contributed by atoms with E-state index in [1.165, 1.54) is 0 Å². The van der Waals surface area contributed by atoms with Crippen molar-refractivity contribution in [3.8, 4) is 0 Å². The van der Waals surface area contributed by atoms with Gasteiger partial charge in [0.1, 0.15) is 6.61 Å². The van der Waals surface area contributed by atoms with Gasteiger partial charge in [0, 0.05) is 10.9 Å². The van der Waals surface area contributed by atoms with E-state index in [2.05, 4.69) is 0 Å². The van der Waals surface area contributed by atoms with E-state index in [9.17, 15) is 4.79 Å². The van der Waals surface area contributed by atoms with Crippen LogP contribution in [-0.4, -0.2) is 12.0 Å². The van der Waals surface area contributed by atoms with Crippen molar-refractivity contribution in [1.82, 2.24) is 0 Å². The number of carbonyl (C=O) groups excluding carboxylic acids is 1. The molecule has 1 heterocycles. The second-order valence-corrected chi connectivity index (χ2v) is 4.99. The van der Waals surface area contributed by atoms with Crippen LogP contribution in [0.1, 0.15) is 24.1 Å². The van der Waals surface area contributed by atoms with Crippen LogP contribution in [0.3, 0.4) is 0 Å². The van der Waals surface area contributed by atoms with Crippen LogP contribution in [0.2, 0.25) is 0 Å². The lowest BCUT2D eigenvalue weighted by Crippen LogP contribution is -2.19. The van der Waals surface area contributed by atoms with Gasteiger partial charge in [0.2, 0.25) is 0 Å². The molecule has 1 aromatic heterocycles. The van der Waals surface area contributed by atoms with Gasteiger partial charge in [-0.3, -0.25) is 4.79 Å². The molecule has 0 spiro atoms. The van der Waals surface area contributed by atoms with E-state index in [1.807, 2.05) is 17.5 Å². The monoisotopic (exact) mass is 225 g/mol. The summed E-state index contributed by atoms with van der Waals surface area (Å²) >= 11 is 1.61. The van der Waals surface area contributed by atoms with Crippen molar-refractivity contribution < 1.29 is 9.53 Å². The molecule has 1 aliphatic rings. The molecular formula is C11H15NO2S. The van der Waals surface area contributed by atoms with Crippen LogP contribution >= 0.6 is 11.3 Å². The van der Waals surface area contributed by atoms with Crippen LogP contribution in [0.15, 0.2) is 17.5 Å². The Morgan fingerprint density at radius 1 is 1.60 bits per heavy atom. The van der Waals surface area contributed by atoms with E-state index in [0.29, 0.717) is 6.61 Å². The van der Waals surface area contributed by atoms with Crippen LogP contribution in [0.5, 0.6) is 0 Å². The Kier molecular flexibility index (Phi) is 3.38. The second-order valence-electron chi connectivity index (χ2n) is 3.96. The third-order valence-corrected chi connectivity index (χ3v) is 3.59. The molecule has 0 unspecified atom stereocenters. The molecule has 2 N–H and O–H groups in total. The molecular weight excluding hydrogens is 210 g/mol. The maximum absolute atomic E-state index is 11.6. The van der Waals surface area contributed by atoms with Gasteiger partial charge in [0.25, 0.3) is 0 Å². The first-order valence-corrected chi connectivity index (χ1v) is 6.08. The lowest BCUT2D eigenvalue weighted by molar-refractivity contribution is -0.149. The number of carbonyl (C=O) groups is 1. The Bertz CT molecular complexity index is 323. The van der Waals surface area contributed by atoms with Crippen molar-refractivity contribution in [2.75, 3.05) is 0 Å². The maximum Gasteiger partial charge on any atom is 0.309 e. The maximum atomic E-state index is 11.6. The quantitative estimate of drug-likeness (QED) is 0.800. The highest BCUT2D eigenvalue weighted by atomic mass is 32.1. The van der Waals surface area contributed by atoms with E-state index in [4.69, 9.17) is 10.5 Å². The number of ether oxygens (including phenoxy) is 1. The van der Waals surface area contributed by atoms with Gasteiger partial charge in [0.05, 0.1) is 5.92 Å². The van der Waals surface area contributed by atoms with Gasteiger partial charge < -0.3 is 10.5 Å². The predicted molar refractivity (Wildman–Crippen MR) is 59.4 cm³/mol. The summed E-state index contributed by atoms with van der Waals surface area (Å²) in [4.78, 5) is 12.7. The lowest BCUT2D eigenvalue weighted by atomic mass is 10.1. The van der Waals surface area contributed by atoms with Crippen LogP contribution in [0, 0.1) is 5.92 Å². The zero-order valence-corrected chi connectivity index (χ0v) is 9.33. The predicted octanol–water partition coefficient (Wildman–Crippen LogP) is 1.92. The molecule has 0 radical (unpaired) electrons. The van der Waals surface area contributed by atoms with Crippen molar-refractivity contribution >= 4 is 17.3 Å². The zero-order chi connectivity index (χ0) is 10.7. The minimum Gasteiger partial charge on any atom is -0.460 e. The van der Waals surface area contributed by atoms with Crippen molar-refractivity contribution in [2.24, 2.45) is 11.7 Å². The summed E-state index contributed by atoms with van der Waals surface area (Å²) in [6.45, 7) is 0.405. The highest BCUT2D eigenvalue weighted by molar-refractivity contribution is 7.09. The highest BCUT2D eigenvalue weighted by Crippen LogP contribution is 2.25. The molecule has 4 heteroatoms. The number of hydrogen-bond donors (Lipinski definition) is 1. The average molecular weight is 225 g/mol. The molecule has 1 aromatic rings. The molecule has 1 aliphatic carbocycles. The fourth-order valence-electron chi connectivity index (χ4n) is 1.89. The van der Waals surface area contributed by atoms with E-state index < -0.39 is 0 Å². The molecule has 1 saturated carbocycles. The number of nitrogens with two attached hydrogens (primary N) is 1. The van der Waals surface area contributed by atoms with Gasteiger partial charge in [-0.25, -0.2) is 0 Å². The van der Waals surface area contributed by atoms with Crippen molar-refractivity contribution in [1.29, 1.82) is 0 Å². The van der Waals surface area contributed by atoms with Crippen LogP contribution in [0.4, 0.5) is 0 Å². The number of rotatable bonds is 3. The summed E-state index contributed by atoms with van der Waals surface area (Å²) in [5, 5.41) is 1.98. The van der Waals surface area contributed by atoms with Gasteiger partial charge in [-0.15, -0.1) is 11.3 Å². The second kappa shape index (κ2) is 4.77. The zero-order valence-electron chi connectivity index (χ0n) is 8.52. The summed E-state index contributed by atoms with van der Waals surface area (Å²) < 4.78 is 5.23. The molecule has 0 bridgehead atoms. The first kappa shape index (κ1) is 10.6. The van der Waals surface area contributed by atoms with Gasteiger partial charge in [-0.05, 0) is 30.7 Å². The summed E-state index contributed by atoms with van der Waals surface area (Å²) in [5.41, 5.74) is 5.75. The van der Waals surface area contributed by atoms with Crippen molar-refractivity contribution in [2.45, 2.75) is 31.9 Å². The Morgan fingerprint density at radius 3 is 3.07 bits per heavy atom. The molecule has 1 fully saturated rings. The summed E-state index contributed by atoms with van der Waals surface area (Å²) in [5.74, 6) is -0.0590. The van der Waals surface area contributed by atoms with E-state index in [1.54, 1.807) is 11.3 Å². The molecule has 3 nitrogen and oxygen atoms in total. The molecule has 0 aromatic carbocycles. The fourth-order valence-corrected chi connectivity index (χ4v) is 2.50.